The fourth-order valence-electron chi connectivity index (χ4n) is 2.55. The maximum Gasteiger partial charge on any atom is 0.228 e. The predicted octanol–water partition coefficient (Wildman–Crippen LogP) is 1.74. The van der Waals surface area contributed by atoms with Crippen LogP contribution < -0.4 is 11.1 Å². The van der Waals surface area contributed by atoms with E-state index in [2.05, 4.69) is 10.4 Å². The predicted molar refractivity (Wildman–Crippen MR) is 89.0 cm³/mol. The molecule has 3 rings (SSSR count). The van der Waals surface area contributed by atoms with Crippen molar-refractivity contribution in [2.75, 3.05) is 11.1 Å². The van der Waals surface area contributed by atoms with Crippen LogP contribution in [0.5, 0.6) is 0 Å². The number of thioether (sulfide) groups is 1. The Kier molecular flexibility index (Phi) is 4.38. The zero-order valence-electron chi connectivity index (χ0n) is 12.7. The number of para-hydroxylation sites is 1. The highest BCUT2D eigenvalue weighted by atomic mass is 32.2. The van der Waals surface area contributed by atoms with E-state index in [1.54, 1.807) is 4.68 Å². The minimum absolute atomic E-state index is 0.00554. The quantitative estimate of drug-likeness (QED) is 0.790. The number of primary amides is 1. The lowest BCUT2D eigenvalue weighted by molar-refractivity contribution is -0.117. The molecular formula is C16H18N4O2S. The van der Waals surface area contributed by atoms with Crippen LogP contribution in [0.25, 0.3) is 0 Å². The number of hydrogen-bond donors (Lipinski definition) is 2. The Labute approximate surface area is 138 Å². The third-order valence-electron chi connectivity index (χ3n) is 3.80. The maximum atomic E-state index is 12.4. The summed E-state index contributed by atoms with van der Waals surface area (Å²) in [6, 6.07) is 7.43. The van der Waals surface area contributed by atoms with Crippen LogP contribution in [0.15, 0.2) is 41.6 Å². The van der Waals surface area contributed by atoms with Gasteiger partial charge in [0.15, 0.2) is 0 Å². The van der Waals surface area contributed by atoms with Crippen LogP contribution in [0, 0.1) is 5.92 Å². The Bertz CT molecular complexity index is 743. The lowest BCUT2D eigenvalue weighted by Crippen LogP contribution is -2.16. The van der Waals surface area contributed by atoms with Gasteiger partial charge in [0, 0.05) is 24.1 Å². The molecule has 1 aliphatic rings. The van der Waals surface area contributed by atoms with Gasteiger partial charge in [-0.15, -0.1) is 11.8 Å². The molecule has 1 aliphatic carbocycles. The van der Waals surface area contributed by atoms with Gasteiger partial charge in [-0.2, -0.15) is 5.10 Å². The number of nitrogens with two attached hydrogens (primary N) is 1. The summed E-state index contributed by atoms with van der Waals surface area (Å²) in [7, 11) is 1.87. The van der Waals surface area contributed by atoms with Crippen molar-refractivity contribution in [3.05, 3.63) is 42.2 Å². The Balaban J connectivity index is 1.64. The molecule has 1 aromatic carbocycles. The number of aromatic nitrogens is 2. The molecule has 1 aromatic heterocycles. The number of aryl methyl sites for hydroxylation is 1. The molecule has 0 aliphatic heterocycles. The molecule has 23 heavy (non-hydrogen) atoms. The van der Waals surface area contributed by atoms with Gasteiger partial charge in [-0.25, -0.2) is 0 Å². The first-order valence-corrected chi connectivity index (χ1v) is 8.32. The molecule has 2 atom stereocenters. The molecule has 6 nitrogen and oxygen atoms in total. The fraction of sp³-hybridized carbons (Fsp3) is 0.312. The van der Waals surface area contributed by atoms with Crippen LogP contribution >= 0.6 is 11.8 Å². The van der Waals surface area contributed by atoms with E-state index in [-0.39, 0.29) is 29.4 Å². The first-order valence-electron chi connectivity index (χ1n) is 7.34. The van der Waals surface area contributed by atoms with Crippen molar-refractivity contribution in [2.45, 2.75) is 17.2 Å². The summed E-state index contributed by atoms with van der Waals surface area (Å²) < 4.78 is 1.75. The van der Waals surface area contributed by atoms with E-state index in [4.69, 9.17) is 5.73 Å². The zero-order chi connectivity index (χ0) is 16.4. The molecule has 0 bridgehead atoms. The largest absolute Gasteiger partial charge is 0.369 e. The Morgan fingerprint density at radius 1 is 1.43 bits per heavy atom. The van der Waals surface area contributed by atoms with Crippen LogP contribution in [0.1, 0.15) is 17.9 Å². The Morgan fingerprint density at radius 3 is 2.91 bits per heavy atom. The number of carbonyl (C=O) groups is 2. The summed E-state index contributed by atoms with van der Waals surface area (Å²) in [5.74, 6) is 0.0395. The minimum Gasteiger partial charge on any atom is -0.369 e. The van der Waals surface area contributed by atoms with Crippen LogP contribution in [0.4, 0.5) is 5.69 Å². The summed E-state index contributed by atoms with van der Waals surface area (Å²) in [6.07, 6.45) is 4.61. The number of hydrogen-bond acceptors (Lipinski definition) is 4. The Hall–Kier alpha value is -2.28. The normalized spacial score (nSPS) is 19.3. The topological polar surface area (TPSA) is 90.0 Å². The minimum atomic E-state index is -0.380. The van der Waals surface area contributed by atoms with E-state index in [0.717, 1.165) is 22.6 Å². The molecule has 0 saturated heterocycles. The first-order chi connectivity index (χ1) is 11.0. The molecule has 1 fully saturated rings. The fourth-order valence-corrected chi connectivity index (χ4v) is 3.30. The van der Waals surface area contributed by atoms with Crippen LogP contribution in [-0.2, 0) is 16.6 Å². The molecule has 0 spiro atoms. The molecular weight excluding hydrogens is 312 g/mol. The second-order valence-electron chi connectivity index (χ2n) is 5.64. The van der Waals surface area contributed by atoms with Gasteiger partial charge in [0.05, 0.1) is 17.6 Å². The summed E-state index contributed by atoms with van der Waals surface area (Å²) in [6.45, 7) is 0. The highest BCUT2D eigenvalue weighted by Crippen LogP contribution is 2.48. The number of benzene rings is 1. The van der Waals surface area contributed by atoms with Crippen LogP contribution in [0.3, 0.4) is 0 Å². The molecule has 0 radical (unpaired) electrons. The first kappa shape index (κ1) is 15.6. The number of carbonyl (C=O) groups excluding carboxylic acids is 2. The van der Waals surface area contributed by atoms with E-state index in [0.29, 0.717) is 0 Å². The van der Waals surface area contributed by atoms with Gasteiger partial charge in [0.1, 0.15) is 0 Å². The molecule has 0 unspecified atom stereocenters. The highest BCUT2D eigenvalue weighted by Gasteiger charge is 2.44. The van der Waals surface area contributed by atoms with Crippen LogP contribution in [0.2, 0.25) is 0 Å². The molecule has 1 saturated carbocycles. The van der Waals surface area contributed by atoms with Gasteiger partial charge in [-0.3, -0.25) is 14.3 Å². The van der Waals surface area contributed by atoms with Gasteiger partial charge in [-0.05, 0) is 30.0 Å². The van der Waals surface area contributed by atoms with E-state index < -0.39 is 0 Å². The van der Waals surface area contributed by atoms with Crippen molar-refractivity contribution in [1.29, 1.82) is 0 Å². The number of rotatable bonds is 6. The second kappa shape index (κ2) is 6.45. The van der Waals surface area contributed by atoms with Crippen molar-refractivity contribution >= 4 is 29.3 Å². The van der Waals surface area contributed by atoms with Gasteiger partial charge in [0.25, 0.3) is 0 Å². The molecule has 2 aromatic rings. The summed E-state index contributed by atoms with van der Waals surface area (Å²) >= 11 is 1.33. The third-order valence-corrected chi connectivity index (χ3v) is 4.89. The van der Waals surface area contributed by atoms with Crippen molar-refractivity contribution in [3.63, 3.8) is 0 Å². The van der Waals surface area contributed by atoms with Crippen molar-refractivity contribution in [2.24, 2.45) is 18.7 Å². The average Bonchev–Trinajstić information content (AvgIpc) is 3.21. The lowest BCUT2D eigenvalue weighted by Gasteiger charge is -2.10. The maximum absolute atomic E-state index is 12.4. The summed E-state index contributed by atoms with van der Waals surface area (Å²) in [4.78, 5) is 24.2. The van der Waals surface area contributed by atoms with E-state index >= 15 is 0 Å². The molecule has 2 amide bonds. The van der Waals surface area contributed by atoms with Crippen molar-refractivity contribution < 1.29 is 9.59 Å². The molecule has 7 heteroatoms. The number of nitrogens with one attached hydrogen (secondary N) is 1. The second-order valence-corrected chi connectivity index (χ2v) is 6.65. The Morgan fingerprint density at radius 2 is 2.22 bits per heavy atom. The monoisotopic (exact) mass is 330 g/mol. The smallest absolute Gasteiger partial charge is 0.228 e. The van der Waals surface area contributed by atoms with Crippen molar-refractivity contribution in [1.82, 2.24) is 9.78 Å². The zero-order valence-corrected chi connectivity index (χ0v) is 13.5. The van der Waals surface area contributed by atoms with E-state index in [1.807, 2.05) is 43.7 Å². The number of nitrogens with zero attached hydrogens (tertiary/aromatic N) is 2. The van der Waals surface area contributed by atoms with Gasteiger partial charge >= 0.3 is 0 Å². The summed E-state index contributed by atoms with van der Waals surface area (Å²) in [5, 5.41) is 7.11. The van der Waals surface area contributed by atoms with Crippen LogP contribution in [-0.4, -0.2) is 27.3 Å². The molecule has 3 N–H and O–H groups in total. The number of amides is 2. The highest BCUT2D eigenvalue weighted by molar-refractivity contribution is 8.00. The van der Waals surface area contributed by atoms with E-state index in [1.165, 1.54) is 11.8 Å². The number of anilines is 1. The third kappa shape index (κ3) is 3.73. The molecule has 1 heterocycles. The van der Waals surface area contributed by atoms with E-state index in [9.17, 15) is 9.59 Å². The summed E-state index contributed by atoms with van der Waals surface area (Å²) in [5.41, 5.74) is 7.00. The van der Waals surface area contributed by atoms with Gasteiger partial charge in [0.2, 0.25) is 11.8 Å². The standard InChI is InChI=1S/C16H18N4O2S/c1-20-8-10(7-18-20)11-6-12(11)16(22)19-13-4-2-3-5-14(13)23-9-15(17)21/h2-5,7-8,11-12H,6,9H2,1H3,(H2,17,21)(H,19,22)/t11-,12-/m1/s1. The SMILES string of the molecule is Cn1cc([C@H]2C[C@H]2C(=O)Nc2ccccc2SCC(N)=O)cn1. The van der Waals surface area contributed by atoms with Crippen molar-refractivity contribution in [3.8, 4) is 0 Å². The molecule has 120 valence electrons. The average molecular weight is 330 g/mol. The van der Waals surface area contributed by atoms with Gasteiger partial charge < -0.3 is 11.1 Å². The lowest BCUT2D eigenvalue weighted by atomic mass is 10.2. The van der Waals surface area contributed by atoms with Gasteiger partial charge in [-0.1, -0.05) is 12.1 Å².